The Morgan fingerprint density at radius 2 is 2.10 bits per heavy atom. The van der Waals surface area contributed by atoms with Crippen molar-refractivity contribution in [2.24, 2.45) is 0 Å². The number of carbonyl (C=O) groups is 2. The quantitative estimate of drug-likeness (QED) is 0.763. The molecule has 0 fully saturated rings. The molecule has 0 spiro atoms. The van der Waals surface area contributed by atoms with E-state index in [2.05, 4.69) is 5.32 Å². The zero-order chi connectivity index (χ0) is 15.8. The molecular weight excluding hydrogens is 275 g/mol. The van der Waals surface area contributed by atoms with Crippen molar-refractivity contribution in [3.63, 3.8) is 0 Å². The number of carbonyl (C=O) groups excluding carboxylic acids is 1. The maximum absolute atomic E-state index is 13.1. The Morgan fingerprint density at radius 1 is 1.38 bits per heavy atom. The predicted octanol–water partition coefficient (Wildman–Crippen LogP) is 1.55. The van der Waals surface area contributed by atoms with Crippen molar-refractivity contribution < 1.29 is 19.1 Å². The van der Waals surface area contributed by atoms with Gasteiger partial charge in [0.2, 0.25) is 5.91 Å². The van der Waals surface area contributed by atoms with Crippen molar-refractivity contribution in [2.45, 2.75) is 26.8 Å². The highest BCUT2D eigenvalue weighted by Crippen LogP contribution is 2.08. The maximum atomic E-state index is 13.1. The first-order chi connectivity index (χ1) is 9.92. The molecule has 116 valence electrons. The Kier molecular flexibility index (Phi) is 6.81. The summed E-state index contributed by atoms with van der Waals surface area (Å²) in [5.41, 5.74) is 1.37. The minimum absolute atomic E-state index is 0.0122. The third kappa shape index (κ3) is 6.35. The molecule has 0 aliphatic heterocycles. The number of nitrogens with zero attached hydrogens (tertiary/aromatic N) is 1. The van der Waals surface area contributed by atoms with E-state index in [1.54, 1.807) is 24.0 Å². The van der Waals surface area contributed by atoms with Crippen LogP contribution in [0.25, 0.3) is 0 Å². The zero-order valence-corrected chi connectivity index (χ0v) is 12.4. The first kappa shape index (κ1) is 17.1. The molecular formula is C15H21FN2O3. The molecule has 2 N–H and O–H groups in total. The van der Waals surface area contributed by atoms with Crippen molar-refractivity contribution in [3.8, 4) is 0 Å². The summed E-state index contributed by atoms with van der Waals surface area (Å²) in [4.78, 5) is 24.1. The van der Waals surface area contributed by atoms with Crippen LogP contribution in [0.15, 0.2) is 18.2 Å². The Balaban J connectivity index is 2.41. The average Bonchev–Trinajstić information content (AvgIpc) is 2.44. The first-order valence-corrected chi connectivity index (χ1v) is 6.88. The molecule has 0 unspecified atom stereocenters. The van der Waals surface area contributed by atoms with Gasteiger partial charge in [0.15, 0.2) is 0 Å². The molecule has 21 heavy (non-hydrogen) atoms. The second-order valence-corrected chi connectivity index (χ2v) is 4.87. The molecule has 0 aromatic heterocycles. The number of amides is 1. The first-order valence-electron chi connectivity index (χ1n) is 6.88. The van der Waals surface area contributed by atoms with Gasteiger partial charge < -0.3 is 10.4 Å². The fraction of sp³-hybridized carbons (Fsp3) is 0.467. The van der Waals surface area contributed by atoms with E-state index in [-0.39, 0.29) is 24.7 Å². The van der Waals surface area contributed by atoms with E-state index in [0.29, 0.717) is 25.2 Å². The number of hydrogen-bond donors (Lipinski definition) is 2. The van der Waals surface area contributed by atoms with Crippen molar-refractivity contribution in [3.05, 3.63) is 35.1 Å². The van der Waals surface area contributed by atoms with E-state index in [0.717, 1.165) is 5.56 Å². The number of benzene rings is 1. The van der Waals surface area contributed by atoms with Gasteiger partial charge in [0.1, 0.15) is 5.82 Å². The number of rotatable bonds is 8. The summed E-state index contributed by atoms with van der Waals surface area (Å²) in [5, 5.41) is 11.4. The number of aliphatic carboxylic acids is 1. The van der Waals surface area contributed by atoms with Crippen molar-refractivity contribution in [1.29, 1.82) is 0 Å². The number of hydrogen-bond acceptors (Lipinski definition) is 3. The summed E-state index contributed by atoms with van der Waals surface area (Å²) in [7, 11) is 0. The number of halogens is 1. The summed E-state index contributed by atoms with van der Waals surface area (Å²) < 4.78 is 13.1. The number of likely N-dealkylation sites (N-methyl/N-ethyl adjacent to an activating group) is 1. The molecule has 1 aromatic rings. The molecule has 0 aliphatic rings. The second kappa shape index (κ2) is 8.36. The van der Waals surface area contributed by atoms with E-state index in [1.165, 1.54) is 6.07 Å². The van der Waals surface area contributed by atoms with Gasteiger partial charge in [-0.15, -0.1) is 0 Å². The molecule has 0 radical (unpaired) electrons. The van der Waals surface area contributed by atoms with Gasteiger partial charge in [0.05, 0.1) is 13.0 Å². The molecule has 6 heteroatoms. The van der Waals surface area contributed by atoms with Gasteiger partial charge in [-0.25, -0.2) is 4.39 Å². The Hall–Kier alpha value is -1.95. The topological polar surface area (TPSA) is 69.6 Å². The summed E-state index contributed by atoms with van der Waals surface area (Å²) in [6.45, 7) is 4.98. The van der Waals surface area contributed by atoms with Gasteiger partial charge in [0, 0.05) is 13.1 Å². The summed E-state index contributed by atoms with van der Waals surface area (Å²) in [5.74, 6) is -1.32. The number of nitrogens with one attached hydrogen (secondary N) is 1. The van der Waals surface area contributed by atoms with Gasteiger partial charge in [-0.1, -0.05) is 19.1 Å². The fourth-order valence-electron chi connectivity index (χ4n) is 1.88. The SMILES string of the molecule is CCN(CCC(=O)O)CC(=O)NCc1ccc(F)c(C)c1. The number of aryl methyl sites for hydroxylation is 1. The summed E-state index contributed by atoms with van der Waals surface area (Å²) in [6.07, 6.45) is 0.0122. The molecule has 0 atom stereocenters. The van der Waals surface area contributed by atoms with E-state index in [1.807, 2.05) is 6.92 Å². The Bertz CT molecular complexity index is 506. The lowest BCUT2D eigenvalue weighted by Crippen LogP contribution is -2.37. The van der Waals surface area contributed by atoms with E-state index in [9.17, 15) is 14.0 Å². The average molecular weight is 296 g/mol. The molecule has 1 amide bonds. The fourth-order valence-corrected chi connectivity index (χ4v) is 1.88. The van der Waals surface area contributed by atoms with E-state index in [4.69, 9.17) is 5.11 Å². The van der Waals surface area contributed by atoms with Crippen LogP contribution in [0.2, 0.25) is 0 Å². The van der Waals surface area contributed by atoms with Crippen LogP contribution in [0.5, 0.6) is 0 Å². The van der Waals surface area contributed by atoms with Crippen LogP contribution in [0, 0.1) is 12.7 Å². The molecule has 0 saturated carbocycles. The van der Waals surface area contributed by atoms with Crippen LogP contribution in [-0.2, 0) is 16.1 Å². The van der Waals surface area contributed by atoms with E-state index >= 15 is 0 Å². The molecule has 0 aliphatic carbocycles. The van der Waals surface area contributed by atoms with Crippen LogP contribution in [0.1, 0.15) is 24.5 Å². The summed E-state index contributed by atoms with van der Waals surface area (Å²) in [6, 6.07) is 4.70. The predicted molar refractivity (Wildman–Crippen MR) is 77.4 cm³/mol. The minimum atomic E-state index is -0.879. The van der Waals surface area contributed by atoms with Crippen molar-refractivity contribution in [1.82, 2.24) is 10.2 Å². The second-order valence-electron chi connectivity index (χ2n) is 4.87. The summed E-state index contributed by atoms with van der Waals surface area (Å²) >= 11 is 0. The highest BCUT2D eigenvalue weighted by atomic mass is 19.1. The minimum Gasteiger partial charge on any atom is -0.481 e. The van der Waals surface area contributed by atoms with Gasteiger partial charge >= 0.3 is 5.97 Å². The lowest BCUT2D eigenvalue weighted by Gasteiger charge is -2.18. The maximum Gasteiger partial charge on any atom is 0.304 e. The van der Waals surface area contributed by atoms with Gasteiger partial charge in [0.25, 0.3) is 0 Å². The third-order valence-corrected chi connectivity index (χ3v) is 3.17. The zero-order valence-electron chi connectivity index (χ0n) is 12.4. The van der Waals surface area contributed by atoms with Crippen LogP contribution >= 0.6 is 0 Å². The molecule has 0 heterocycles. The van der Waals surface area contributed by atoms with Crippen LogP contribution in [-0.4, -0.2) is 41.5 Å². The normalized spacial score (nSPS) is 10.7. The Labute approximate surface area is 123 Å². The van der Waals surface area contributed by atoms with Crippen LogP contribution < -0.4 is 5.32 Å². The molecule has 0 bridgehead atoms. The molecule has 1 aromatic carbocycles. The van der Waals surface area contributed by atoms with Crippen LogP contribution in [0.3, 0.4) is 0 Å². The largest absolute Gasteiger partial charge is 0.481 e. The number of carboxylic acid groups (broad SMARTS) is 1. The monoisotopic (exact) mass is 296 g/mol. The lowest BCUT2D eigenvalue weighted by molar-refractivity contribution is -0.137. The number of carboxylic acids is 1. The lowest BCUT2D eigenvalue weighted by atomic mass is 10.1. The molecule has 5 nitrogen and oxygen atoms in total. The van der Waals surface area contributed by atoms with Gasteiger partial charge in [-0.2, -0.15) is 0 Å². The van der Waals surface area contributed by atoms with Crippen molar-refractivity contribution in [2.75, 3.05) is 19.6 Å². The third-order valence-electron chi connectivity index (χ3n) is 3.17. The molecule has 0 saturated heterocycles. The highest BCUT2D eigenvalue weighted by molar-refractivity contribution is 5.78. The standard InChI is InChI=1S/C15H21FN2O3/c1-3-18(7-6-15(20)21)10-14(19)17-9-12-4-5-13(16)11(2)8-12/h4-5,8H,3,6-7,9-10H2,1-2H3,(H,17,19)(H,20,21). The Morgan fingerprint density at radius 3 is 2.67 bits per heavy atom. The molecule has 1 rings (SSSR count). The van der Waals surface area contributed by atoms with Crippen molar-refractivity contribution >= 4 is 11.9 Å². The smallest absolute Gasteiger partial charge is 0.304 e. The van der Waals surface area contributed by atoms with E-state index < -0.39 is 5.97 Å². The van der Waals surface area contributed by atoms with Gasteiger partial charge in [-0.3, -0.25) is 14.5 Å². The van der Waals surface area contributed by atoms with Gasteiger partial charge in [-0.05, 0) is 30.7 Å². The highest BCUT2D eigenvalue weighted by Gasteiger charge is 2.10. The van der Waals surface area contributed by atoms with Crippen LogP contribution in [0.4, 0.5) is 4.39 Å².